The van der Waals surface area contributed by atoms with Crippen LogP contribution in [0.25, 0.3) is 0 Å². The van der Waals surface area contributed by atoms with E-state index in [0.29, 0.717) is 5.56 Å². The Hall–Kier alpha value is -1.45. The largest absolute Gasteiger partial charge is 0.461 e. The van der Waals surface area contributed by atoms with Crippen molar-refractivity contribution in [1.29, 1.82) is 0 Å². The third-order valence-electron chi connectivity index (χ3n) is 2.74. The Balaban J connectivity index is 1.91. The summed E-state index contributed by atoms with van der Waals surface area (Å²) in [4.78, 5) is 11.4. The van der Waals surface area contributed by atoms with Gasteiger partial charge in [0.1, 0.15) is 18.2 Å². The first kappa shape index (κ1) is 11.0. The molecule has 0 aromatic heterocycles. The molecule has 0 saturated heterocycles. The topological polar surface area (TPSA) is 26.3 Å². The molecule has 0 heterocycles. The highest BCUT2D eigenvalue weighted by Gasteiger charge is 2.26. The van der Waals surface area contributed by atoms with E-state index in [0.717, 1.165) is 37.5 Å². The average Bonchev–Trinajstić information content (AvgIpc) is 2.10. The number of carbonyl (C=O) groups excluding carboxylic acids is 1. The van der Waals surface area contributed by atoms with Crippen LogP contribution in [0.3, 0.4) is 0 Å². The molecule has 1 aliphatic carbocycles. The lowest BCUT2D eigenvalue weighted by atomic mass is 9.86. The Labute approximate surface area is 92.2 Å². The number of rotatable bonds is 3. The Morgan fingerprint density at radius 1 is 1.25 bits per heavy atom. The quantitative estimate of drug-likeness (QED) is 0.741. The lowest BCUT2D eigenvalue weighted by Gasteiger charge is -2.23. The predicted molar refractivity (Wildman–Crippen MR) is 53.5 cm³/mol. The minimum atomic E-state index is -0.658. The van der Waals surface area contributed by atoms with E-state index in [4.69, 9.17) is 4.74 Å². The molecule has 1 fully saturated rings. The number of esters is 1. The fourth-order valence-electron chi connectivity index (χ4n) is 1.61. The number of hydrogen-bond acceptors (Lipinski definition) is 2. The van der Waals surface area contributed by atoms with E-state index in [9.17, 15) is 13.6 Å². The number of ether oxygens (including phenoxy) is 1. The van der Waals surface area contributed by atoms with Crippen LogP contribution in [-0.2, 0) is 16.1 Å². The lowest BCUT2D eigenvalue weighted by Crippen LogP contribution is -2.23. The van der Waals surface area contributed by atoms with E-state index in [2.05, 4.69) is 0 Å². The fourth-order valence-corrected chi connectivity index (χ4v) is 1.61. The maximum atomic E-state index is 12.8. The minimum Gasteiger partial charge on any atom is -0.461 e. The number of carbonyl (C=O) groups is 1. The SMILES string of the molecule is O=C(OCc1cc(F)cc(F)c1)C1CCC1. The summed E-state index contributed by atoms with van der Waals surface area (Å²) < 4.78 is 30.6. The van der Waals surface area contributed by atoms with E-state index in [1.807, 2.05) is 0 Å². The van der Waals surface area contributed by atoms with Crippen LogP contribution in [0.1, 0.15) is 24.8 Å². The van der Waals surface area contributed by atoms with Crippen molar-refractivity contribution in [2.24, 2.45) is 5.92 Å². The summed E-state index contributed by atoms with van der Waals surface area (Å²) in [6, 6.07) is 3.12. The molecule has 0 radical (unpaired) electrons. The summed E-state index contributed by atoms with van der Waals surface area (Å²) in [7, 11) is 0. The summed E-state index contributed by atoms with van der Waals surface area (Å²) >= 11 is 0. The molecule has 0 bridgehead atoms. The molecular formula is C12H12F2O2. The summed E-state index contributed by atoms with van der Waals surface area (Å²) in [6.07, 6.45) is 2.76. The van der Waals surface area contributed by atoms with Gasteiger partial charge in [0.15, 0.2) is 0 Å². The van der Waals surface area contributed by atoms with Crippen LogP contribution < -0.4 is 0 Å². The Morgan fingerprint density at radius 3 is 2.38 bits per heavy atom. The molecule has 2 nitrogen and oxygen atoms in total. The van der Waals surface area contributed by atoms with E-state index in [1.54, 1.807) is 0 Å². The summed E-state index contributed by atoms with van der Waals surface area (Å²) in [6.45, 7) is -0.0655. The van der Waals surface area contributed by atoms with Gasteiger partial charge in [-0.15, -0.1) is 0 Å². The van der Waals surface area contributed by atoms with Gasteiger partial charge in [0.2, 0.25) is 0 Å². The van der Waals surface area contributed by atoms with Gasteiger partial charge in [0, 0.05) is 6.07 Å². The molecule has 1 aromatic rings. The zero-order valence-electron chi connectivity index (χ0n) is 8.71. The predicted octanol–water partition coefficient (Wildman–Crippen LogP) is 2.81. The van der Waals surface area contributed by atoms with Crippen LogP contribution in [0.2, 0.25) is 0 Å². The second-order valence-corrected chi connectivity index (χ2v) is 4.01. The maximum absolute atomic E-state index is 12.8. The van der Waals surface area contributed by atoms with Gasteiger partial charge in [-0.1, -0.05) is 6.42 Å². The molecule has 86 valence electrons. The highest BCUT2D eigenvalue weighted by atomic mass is 19.1. The molecular weight excluding hydrogens is 214 g/mol. The zero-order valence-corrected chi connectivity index (χ0v) is 8.71. The van der Waals surface area contributed by atoms with Crippen molar-refractivity contribution in [3.05, 3.63) is 35.4 Å². The van der Waals surface area contributed by atoms with E-state index >= 15 is 0 Å². The molecule has 0 aliphatic heterocycles. The highest BCUT2D eigenvalue weighted by Crippen LogP contribution is 2.27. The maximum Gasteiger partial charge on any atom is 0.309 e. The average molecular weight is 226 g/mol. The van der Waals surface area contributed by atoms with Crippen LogP contribution in [0.15, 0.2) is 18.2 Å². The molecule has 0 unspecified atom stereocenters. The normalized spacial score (nSPS) is 15.6. The lowest BCUT2D eigenvalue weighted by molar-refractivity contribution is -0.152. The Bertz CT molecular complexity index is 380. The number of hydrogen-bond donors (Lipinski definition) is 0. The highest BCUT2D eigenvalue weighted by molar-refractivity contribution is 5.73. The van der Waals surface area contributed by atoms with Crippen LogP contribution >= 0.6 is 0 Å². The second kappa shape index (κ2) is 4.60. The smallest absolute Gasteiger partial charge is 0.309 e. The molecule has 0 spiro atoms. The summed E-state index contributed by atoms with van der Waals surface area (Å²) in [5.41, 5.74) is 0.338. The third-order valence-corrected chi connectivity index (χ3v) is 2.74. The number of halogens is 2. The molecule has 4 heteroatoms. The van der Waals surface area contributed by atoms with Crippen molar-refractivity contribution in [3.63, 3.8) is 0 Å². The van der Waals surface area contributed by atoms with Crippen LogP contribution in [0.4, 0.5) is 8.78 Å². The van der Waals surface area contributed by atoms with Crippen LogP contribution in [0, 0.1) is 17.6 Å². The van der Waals surface area contributed by atoms with Gasteiger partial charge < -0.3 is 4.74 Å². The molecule has 2 rings (SSSR count). The molecule has 0 N–H and O–H groups in total. The zero-order chi connectivity index (χ0) is 11.5. The van der Waals surface area contributed by atoms with Crippen molar-refractivity contribution in [3.8, 4) is 0 Å². The van der Waals surface area contributed by atoms with Gasteiger partial charge in [-0.05, 0) is 30.5 Å². The monoisotopic (exact) mass is 226 g/mol. The van der Waals surface area contributed by atoms with Gasteiger partial charge in [0.25, 0.3) is 0 Å². The van der Waals surface area contributed by atoms with E-state index in [1.165, 1.54) is 0 Å². The second-order valence-electron chi connectivity index (χ2n) is 4.01. The van der Waals surface area contributed by atoms with Gasteiger partial charge in [-0.25, -0.2) is 8.78 Å². The van der Waals surface area contributed by atoms with Crippen molar-refractivity contribution in [1.82, 2.24) is 0 Å². The molecule has 0 atom stereocenters. The van der Waals surface area contributed by atoms with Crippen molar-refractivity contribution in [2.45, 2.75) is 25.9 Å². The standard InChI is InChI=1S/C12H12F2O2/c13-10-4-8(5-11(14)6-10)7-16-12(15)9-2-1-3-9/h4-6,9H,1-3,7H2. The van der Waals surface area contributed by atoms with Crippen molar-refractivity contribution < 1.29 is 18.3 Å². The van der Waals surface area contributed by atoms with Crippen LogP contribution in [-0.4, -0.2) is 5.97 Å². The molecule has 1 saturated carbocycles. The molecule has 16 heavy (non-hydrogen) atoms. The summed E-state index contributed by atoms with van der Waals surface area (Å²) in [5.74, 6) is -1.60. The molecule has 1 aliphatic rings. The first-order valence-electron chi connectivity index (χ1n) is 5.27. The fraction of sp³-hybridized carbons (Fsp3) is 0.417. The van der Waals surface area contributed by atoms with Gasteiger partial charge in [-0.2, -0.15) is 0 Å². The first-order chi connectivity index (χ1) is 7.65. The van der Waals surface area contributed by atoms with Gasteiger partial charge in [0.05, 0.1) is 5.92 Å². The Kier molecular flexibility index (Phi) is 3.17. The first-order valence-corrected chi connectivity index (χ1v) is 5.27. The van der Waals surface area contributed by atoms with Crippen molar-refractivity contribution in [2.75, 3.05) is 0 Å². The number of benzene rings is 1. The molecule has 1 aromatic carbocycles. The Morgan fingerprint density at radius 2 is 1.88 bits per heavy atom. The molecule has 0 amide bonds. The van der Waals surface area contributed by atoms with Crippen LogP contribution in [0.5, 0.6) is 0 Å². The van der Waals surface area contributed by atoms with Crippen molar-refractivity contribution >= 4 is 5.97 Å². The van der Waals surface area contributed by atoms with Gasteiger partial charge in [-0.3, -0.25) is 4.79 Å². The minimum absolute atomic E-state index is 0.0154. The third kappa shape index (κ3) is 2.56. The van der Waals surface area contributed by atoms with E-state index < -0.39 is 11.6 Å². The van der Waals surface area contributed by atoms with E-state index in [-0.39, 0.29) is 18.5 Å². The summed E-state index contributed by atoms with van der Waals surface area (Å²) in [5, 5.41) is 0. The van der Waals surface area contributed by atoms with Gasteiger partial charge >= 0.3 is 5.97 Å².